The van der Waals surface area contributed by atoms with Crippen molar-refractivity contribution in [3.05, 3.63) is 54.4 Å². The Balaban J connectivity index is 2.24. The van der Waals surface area contributed by atoms with Gasteiger partial charge in [-0.1, -0.05) is 36.4 Å². The number of nitrogens with zero attached hydrogens (tertiary/aromatic N) is 2. The van der Waals surface area contributed by atoms with Gasteiger partial charge < -0.3 is 0 Å². The summed E-state index contributed by atoms with van der Waals surface area (Å²) in [5.74, 6) is 1.30. The third-order valence-electron chi connectivity index (χ3n) is 4.68. The minimum absolute atomic E-state index is 1.00. The van der Waals surface area contributed by atoms with Gasteiger partial charge in [0, 0.05) is 6.92 Å². The average molecular weight is 275 g/mol. The molecule has 4 aromatic rings. The molecule has 0 aliphatic carbocycles. The fourth-order valence-corrected chi connectivity index (χ4v) is 3.45. The molecule has 1 aromatic heterocycles. The van der Waals surface area contributed by atoms with Crippen molar-refractivity contribution in [2.24, 2.45) is 7.05 Å². The summed E-state index contributed by atoms with van der Waals surface area (Å²) >= 11 is 0. The highest BCUT2D eigenvalue weighted by Crippen LogP contribution is 2.29. The Bertz CT molecular complexity index is 993. The van der Waals surface area contributed by atoms with E-state index < -0.39 is 0 Å². The Morgan fingerprint density at radius 1 is 0.952 bits per heavy atom. The number of hydrogen-bond donors (Lipinski definition) is 0. The van der Waals surface area contributed by atoms with Crippen LogP contribution in [0.25, 0.3) is 32.6 Å². The molecule has 0 unspecified atom stereocenters. The molecule has 0 N–H and O–H groups in total. The van der Waals surface area contributed by atoms with E-state index in [0.29, 0.717) is 0 Å². The van der Waals surface area contributed by atoms with E-state index in [1.807, 2.05) is 0 Å². The Labute approximate surface area is 124 Å². The smallest absolute Gasteiger partial charge is 0.230 e. The number of rotatable bonds is 1. The summed E-state index contributed by atoms with van der Waals surface area (Å²) in [7, 11) is 2.15. The van der Waals surface area contributed by atoms with Crippen LogP contribution < -0.4 is 4.57 Å². The van der Waals surface area contributed by atoms with Gasteiger partial charge in [-0.15, -0.1) is 0 Å². The summed E-state index contributed by atoms with van der Waals surface area (Å²) in [4.78, 5) is 0. The molecule has 1 heterocycles. The maximum Gasteiger partial charge on any atom is 0.253 e. The van der Waals surface area contributed by atoms with Crippen LogP contribution in [-0.4, -0.2) is 4.57 Å². The fraction of sp³-hybridized carbons (Fsp3) is 0.211. The Kier molecular flexibility index (Phi) is 2.55. The lowest BCUT2D eigenvalue weighted by Gasteiger charge is -2.03. The van der Waals surface area contributed by atoms with Gasteiger partial charge in [0.05, 0.1) is 13.6 Å². The van der Waals surface area contributed by atoms with E-state index >= 15 is 0 Å². The monoisotopic (exact) mass is 275 g/mol. The highest BCUT2D eigenvalue weighted by Gasteiger charge is 2.18. The number of imidazole rings is 1. The largest absolute Gasteiger partial charge is 0.253 e. The van der Waals surface area contributed by atoms with Crippen molar-refractivity contribution in [3.63, 3.8) is 0 Å². The van der Waals surface area contributed by atoms with E-state index in [1.165, 1.54) is 38.4 Å². The van der Waals surface area contributed by atoms with Gasteiger partial charge >= 0.3 is 0 Å². The molecule has 0 aliphatic rings. The third kappa shape index (κ3) is 1.62. The van der Waals surface area contributed by atoms with E-state index in [9.17, 15) is 0 Å². The second-order valence-corrected chi connectivity index (χ2v) is 5.70. The van der Waals surface area contributed by atoms with E-state index in [0.717, 1.165) is 6.54 Å². The number of aryl methyl sites for hydroxylation is 2. The van der Waals surface area contributed by atoms with Gasteiger partial charge in [0.1, 0.15) is 0 Å². The van der Waals surface area contributed by atoms with Crippen molar-refractivity contribution in [2.45, 2.75) is 20.4 Å². The lowest BCUT2D eigenvalue weighted by atomic mass is 10.0. The van der Waals surface area contributed by atoms with Crippen LogP contribution in [0.2, 0.25) is 0 Å². The number of fused-ring (bicyclic) bond motifs is 4. The molecule has 0 saturated carbocycles. The molecule has 0 radical (unpaired) electrons. The summed E-state index contributed by atoms with van der Waals surface area (Å²) in [6, 6.07) is 17.7. The van der Waals surface area contributed by atoms with Crippen molar-refractivity contribution in [1.82, 2.24) is 4.57 Å². The topological polar surface area (TPSA) is 8.81 Å². The molecular weight excluding hydrogens is 256 g/mol. The standard InChI is InChI=1S/C19H19N2/c1-4-21-13(2)20(3)18-12-17-15(11-19(18)21)10-9-14-7-5-6-8-16(14)17/h5-12H,4H2,1-3H3/q+1. The van der Waals surface area contributed by atoms with Crippen molar-refractivity contribution < 1.29 is 4.57 Å². The molecule has 2 heteroatoms. The van der Waals surface area contributed by atoms with Gasteiger partial charge in [0.25, 0.3) is 5.82 Å². The first-order valence-electron chi connectivity index (χ1n) is 7.51. The van der Waals surface area contributed by atoms with E-state index in [4.69, 9.17) is 0 Å². The number of hydrogen-bond acceptors (Lipinski definition) is 0. The highest BCUT2D eigenvalue weighted by atomic mass is 15.1. The Hall–Kier alpha value is -2.35. The fourth-order valence-electron chi connectivity index (χ4n) is 3.45. The molecule has 0 spiro atoms. The van der Waals surface area contributed by atoms with Gasteiger partial charge in [-0.25, -0.2) is 9.13 Å². The van der Waals surface area contributed by atoms with Gasteiger partial charge in [0.15, 0.2) is 11.0 Å². The zero-order chi connectivity index (χ0) is 14.6. The van der Waals surface area contributed by atoms with E-state index in [1.54, 1.807) is 0 Å². The van der Waals surface area contributed by atoms with Crippen LogP contribution >= 0.6 is 0 Å². The first-order valence-corrected chi connectivity index (χ1v) is 7.51. The van der Waals surface area contributed by atoms with Crippen LogP contribution in [0.1, 0.15) is 12.7 Å². The predicted molar refractivity (Wildman–Crippen MR) is 88.5 cm³/mol. The predicted octanol–water partition coefficient (Wildman–Crippen LogP) is 4.10. The molecule has 0 fully saturated rings. The van der Waals surface area contributed by atoms with Crippen LogP contribution in [0.3, 0.4) is 0 Å². The van der Waals surface area contributed by atoms with Crippen LogP contribution in [-0.2, 0) is 13.6 Å². The van der Waals surface area contributed by atoms with E-state index in [-0.39, 0.29) is 0 Å². The lowest BCUT2D eigenvalue weighted by Crippen LogP contribution is -2.30. The second kappa shape index (κ2) is 4.32. The highest BCUT2D eigenvalue weighted by molar-refractivity contribution is 6.10. The van der Waals surface area contributed by atoms with Crippen molar-refractivity contribution in [3.8, 4) is 0 Å². The minimum atomic E-state index is 1.00. The average Bonchev–Trinajstić information content (AvgIpc) is 2.76. The summed E-state index contributed by atoms with van der Waals surface area (Å²) in [5.41, 5.74) is 2.62. The molecule has 0 aliphatic heterocycles. The zero-order valence-electron chi connectivity index (χ0n) is 12.7. The maximum absolute atomic E-state index is 2.38. The summed E-state index contributed by atoms with van der Waals surface area (Å²) in [5, 5.41) is 5.29. The van der Waals surface area contributed by atoms with E-state index in [2.05, 4.69) is 78.6 Å². The minimum Gasteiger partial charge on any atom is -0.230 e. The van der Waals surface area contributed by atoms with Crippen LogP contribution in [0.4, 0.5) is 0 Å². The maximum atomic E-state index is 2.38. The third-order valence-corrected chi connectivity index (χ3v) is 4.68. The van der Waals surface area contributed by atoms with Crippen molar-refractivity contribution in [2.75, 3.05) is 0 Å². The molecule has 104 valence electrons. The molecular formula is C19H19N2+. The number of aromatic nitrogens is 2. The van der Waals surface area contributed by atoms with Crippen LogP contribution in [0, 0.1) is 6.92 Å². The molecule has 0 bridgehead atoms. The molecule has 21 heavy (non-hydrogen) atoms. The first-order chi connectivity index (χ1) is 10.2. The van der Waals surface area contributed by atoms with Gasteiger partial charge in [-0.2, -0.15) is 0 Å². The van der Waals surface area contributed by atoms with Crippen LogP contribution in [0.15, 0.2) is 48.5 Å². The summed E-state index contributed by atoms with van der Waals surface area (Å²) < 4.78 is 4.67. The quantitative estimate of drug-likeness (QED) is 0.365. The van der Waals surface area contributed by atoms with Gasteiger partial charge in [-0.3, -0.25) is 0 Å². The van der Waals surface area contributed by atoms with Gasteiger partial charge in [-0.05, 0) is 40.6 Å². The van der Waals surface area contributed by atoms with Crippen LogP contribution in [0.5, 0.6) is 0 Å². The Morgan fingerprint density at radius 3 is 2.52 bits per heavy atom. The Morgan fingerprint density at radius 2 is 1.71 bits per heavy atom. The first kappa shape index (κ1) is 12.4. The summed E-state index contributed by atoms with van der Waals surface area (Å²) in [6.07, 6.45) is 0. The van der Waals surface area contributed by atoms with Crippen molar-refractivity contribution in [1.29, 1.82) is 0 Å². The molecule has 4 rings (SSSR count). The molecule has 0 saturated heterocycles. The molecule has 0 amide bonds. The lowest BCUT2D eigenvalue weighted by molar-refractivity contribution is -0.652. The second-order valence-electron chi connectivity index (χ2n) is 5.70. The molecule has 2 nitrogen and oxygen atoms in total. The normalized spacial score (nSPS) is 11.8. The zero-order valence-corrected chi connectivity index (χ0v) is 12.7. The number of benzene rings is 3. The molecule has 0 atom stereocenters. The summed E-state index contributed by atoms with van der Waals surface area (Å²) in [6.45, 7) is 5.39. The molecule has 3 aromatic carbocycles. The SMILES string of the molecule is CCn1c(C)[n+](C)c2cc3c(ccc4ccccc43)cc21. The van der Waals surface area contributed by atoms with Gasteiger partial charge in [0.2, 0.25) is 0 Å². The van der Waals surface area contributed by atoms with Crippen molar-refractivity contribution >= 4 is 32.6 Å².